The van der Waals surface area contributed by atoms with Crippen molar-refractivity contribution in [2.45, 2.75) is 45.8 Å². The van der Waals surface area contributed by atoms with E-state index in [0.29, 0.717) is 6.54 Å². The topological polar surface area (TPSA) is 49.3 Å². The van der Waals surface area contributed by atoms with Crippen LogP contribution in [0.25, 0.3) is 5.00 Å². The SMILES string of the molecule is CCC(C)NC(=O)NCc1c(-n2cccc2)sc2c1CCN(C)C2. The van der Waals surface area contributed by atoms with Crippen LogP contribution in [0.1, 0.15) is 36.3 Å². The van der Waals surface area contributed by atoms with Crippen molar-refractivity contribution in [3.63, 3.8) is 0 Å². The molecule has 1 aliphatic heterocycles. The van der Waals surface area contributed by atoms with Gasteiger partial charge < -0.3 is 20.1 Å². The van der Waals surface area contributed by atoms with E-state index in [4.69, 9.17) is 0 Å². The van der Waals surface area contributed by atoms with E-state index >= 15 is 0 Å². The molecule has 1 aliphatic rings. The average Bonchev–Trinajstić information content (AvgIpc) is 3.19. The van der Waals surface area contributed by atoms with Gasteiger partial charge in [-0.3, -0.25) is 0 Å². The van der Waals surface area contributed by atoms with Gasteiger partial charge in [-0.15, -0.1) is 11.3 Å². The van der Waals surface area contributed by atoms with E-state index in [1.54, 1.807) is 0 Å². The van der Waals surface area contributed by atoms with Crippen molar-refractivity contribution in [1.82, 2.24) is 20.1 Å². The molecule has 2 aromatic rings. The molecule has 5 nitrogen and oxygen atoms in total. The summed E-state index contributed by atoms with van der Waals surface area (Å²) < 4.78 is 2.16. The number of urea groups is 1. The van der Waals surface area contributed by atoms with Crippen molar-refractivity contribution in [2.24, 2.45) is 0 Å². The van der Waals surface area contributed by atoms with Crippen LogP contribution in [-0.2, 0) is 19.5 Å². The van der Waals surface area contributed by atoms with Gasteiger partial charge in [-0.05, 0) is 44.5 Å². The summed E-state index contributed by atoms with van der Waals surface area (Å²) >= 11 is 1.84. The fourth-order valence-corrected chi connectivity index (χ4v) is 4.40. The first-order chi connectivity index (χ1) is 11.6. The third-order valence-corrected chi connectivity index (χ3v) is 5.86. The third-order valence-electron chi connectivity index (χ3n) is 4.59. The number of nitrogens with one attached hydrogen (secondary N) is 2. The molecule has 0 fully saturated rings. The lowest BCUT2D eigenvalue weighted by atomic mass is 10.0. The quantitative estimate of drug-likeness (QED) is 0.874. The Morgan fingerprint density at radius 1 is 1.38 bits per heavy atom. The summed E-state index contributed by atoms with van der Waals surface area (Å²) in [7, 11) is 2.16. The number of amides is 2. The fourth-order valence-electron chi connectivity index (χ4n) is 2.99. The molecule has 0 spiro atoms. The van der Waals surface area contributed by atoms with Crippen molar-refractivity contribution >= 4 is 17.4 Å². The molecule has 24 heavy (non-hydrogen) atoms. The zero-order valence-corrected chi connectivity index (χ0v) is 15.4. The lowest BCUT2D eigenvalue weighted by Gasteiger charge is -2.23. The van der Waals surface area contributed by atoms with Crippen LogP contribution in [0.2, 0.25) is 0 Å². The normalized spacial score (nSPS) is 15.8. The van der Waals surface area contributed by atoms with Crippen molar-refractivity contribution in [1.29, 1.82) is 0 Å². The highest BCUT2D eigenvalue weighted by molar-refractivity contribution is 7.14. The van der Waals surface area contributed by atoms with E-state index < -0.39 is 0 Å². The second kappa shape index (κ2) is 7.40. The van der Waals surface area contributed by atoms with Gasteiger partial charge in [0.1, 0.15) is 5.00 Å². The Bertz CT molecular complexity index is 692. The number of nitrogens with zero attached hydrogens (tertiary/aromatic N) is 2. The Labute approximate surface area is 147 Å². The molecular weight excluding hydrogens is 320 g/mol. The van der Waals surface area contributed by atoms with E-state index in [1.807, 2.05) is 30.4 Å². The third kappa shape index (κ3) is 3.65. The number of carbonyl (C=O) groups excluding carboxylic acids is 1. The minimum Gasteiger partial charge on any atom is -0.336 e. The van der Waals surface area contributed by atoms with E-state index in [2.05, 4.69) is 46.5 Å². The van der Waals surface area contributed by atoms with Crippen LogP contribution in [0.4, 0.5) is 4.79 Å². The van der Waals surface area contributed by atoms with Gasteiger partial charge in [0, 0.05) is 48.5 Å². The minimum atomic E-state index is -0.0873. The Morgan fingerprint density at radius 2 is 2.12 bits per heavy atom. The van der Waals surface area contributed by atoms with Crippen LogP contribution in [-0.4, -0.2) is 35.1 Å². The van der Waals surface area contributed by atoms with E-state index in [9.17, 15) is 4.79 Å². The number of hydrogen-bond acceptors (Lipinski definition) is 3. The standard InChI is InChI=1S/C18H26N4OS/c1-4-13(2)20-18(23)19-11-15-14-7-10-21(3)12-16(14)24-17(15)22-8-5-6-9-22/h5-6,8-9,13H,4,7,10-12H2,1-3H3,(H2,19,20,23). The van der Waals surface area contributed by atoms with Crippen LogP contribution >= 0.6 is 11.3 Å². The number of likely N-dealkylation sites (N-methyl/N-ethyl adjacent to an activating group) is 1. The number of rotatable bonds is 5. The molecule has 0 radical (unpaired) electrons. The van der Waals surface area contributed by atoms with Crippen LogP contribution < -0.4 is 10.6 Å². The number of fused-ring (bicyclic) bond motifs is 1. The average molecular weight is 347 g/mol. The Morgan fingerprint density at radius 3 is 2.83 bits per heavy atom. The highest BCUT2D eigenvalue weighted by Crippen LogP contribution is 2.35. The molecule has 0 aromatic carbocycles. The van der Waals surface area contributed by atoms with Gasteiger partial charge in [0.2, 0.25) is 0 Å². The van der Waals surface area contributed by atoms with Crippen LogP contribution in [0.3, 0.4) is 0 Å². The van der Waals surface area contributed by atoms with Crippen LogP contribution in [0.5, 0.6) is 0 Å². The molecule has 3 rings (SSSR count). The maximum Gasteiger partial charge on any atom is 0.315 e. The molecule has 1 atom stereocenters. The maximum absolute atomic E-state index is 12.1. The van der Waals surface area contributed by atoms with Crippen molar-refractivity contribution in [2.75, 3.05) is 13.6 Å². The summed E-state index contributed by atoms with van der Waals surface area (Å²) in [6, 6.07) is 4.18. The lowest BCUT2D eigenvalue weighted by molar-refractivity contribution is 0.237. The number of aromatic nitrogens is 1. The molecule has 0 saturated heterocycles. The second-order valence-electron chi connectivity index (χ2n) is 6.50. The van der Waals surface area contributed by atoms with Crippen LogP contribution in [0.15, 0.2) is 24.5 Å². The second-order valence-corrected chi connectivity index (χ2v) is 7.59. The van der Waals surface area contributed by atoms with Gasteiger partial charge in [0.05, 0.1) is 0 Å². The van der Waals surface area contributed by atoms with Gasteiger partial charge in [-0.2, -0.15) is 0 Å². The number of thiophene rings is 1. The molecule has 0 saturated carbocycles. The highest BCUT2D eigenvalue weighted by Gasteiger charge is 2.23. The zero-order chi connectivity index (χ0) is 17.1. The molecule has 0 bridgehead atoms. The molecule has 2 amide bonds. The molecule has 2 N–H and O–H groups in total. The monoisotopic (exact) mass is 346 g/mol. The van der Waals surface area contributed by atoms with Gasteiger partial charge in [-0.1, -0.05) is 6.92 Å². The maximum atomic E-state index is 12.1. The molecule has 6 heteroatoms. The van der Waals surface area contributed by atoms with Gasteiger partial charge >= 0.3 is 6.03 Å². The highest BCUT2D eigenvalue weighted by atomic mass is 32.1. The summed E-state index contributed by atoms with van der Waals surface area (Å²) in [6.07, 6.45) is 6.13. The van der Waals surface area contributed by atoms with Crippen molar-refractivity contribution in [3.8, 4) is 5.00 Å². The Kier molecular flexibility index (Phi) is 5.26. The molecule has 1 unspecified atom stereocenters. The summed E-state index contributed by atoms with van der Waals surface area (Å²) in [6.45, 7) is 6.73. The van der Waals surface area contributed by atoms with Crippen molar-refractivity contribution in [3.05, 3.63) is 40.5 Å². The molecule has 130 valence electrons. The molecule has 3 heterocycles. The minimum absolute atomic E-state index is 0.0873. The summed E-state index contributed by atoms with van der Waals surface area (Å²) in [5.74, 6) is 0. The van der Waals surface area contributed by atoms with Crippen molar-refractivity contribution < 1.29 is 4.79 Å². The first-order valence-electron chi connectivity index (χ1n) is 8.58. The number of carbonyl (C=O) groups is 1. The van der Waals surface area contributed by atoms with Gasteiger partial charge in [-0.25, -0.2) is 4.79 Å². The van der Waals surface area contributed by atoms with E-state index in [1.165, 1.54) is 21.0 Å². The number of hydrogen-bond donors (Lipinski definition) is 2. The zero-order valence-electron chi connectivity index (χ0n) is 14.6. The Hall–Kier alpha value is -1.79. The first-order valence-corrected chi connectivity index (χ1v) is 9.39. The molecule has 2 aromatic heterocycles. The first kappa shape index (κ1) is 17.0. The smallest absolute Gasteiger partial charge is 0.315 e. The van der Waals surface area contributed by atoms with E-state index in [0.717, 1.165) is 25.9 Å². The fraction of sp³-hybridized carbons (Fsp3) is 0.500. The molecule has 0 aliphatic carbocycles. The Balaban J connectivity index is 1.82. The molecular formula is C18H26N4OS. The summed E-state index contributed by atoms with van der Waals surface area (Å²) in [4.78, 5) is 15.9. The van der Waals surface area contributed by atoms with Gasteiger partial charge in [0.15, 0.2) is 0 Å². The lowest BCUT2D eigenvalue weighted by Crippen LogP contribution is -2.40. The predicted molar refractivity (Wildman–Crippen MR) is 98.8 cm³/mol. The van der Waals surface area contributed by atoms with E-state index in [-0.39, 0.29) is 12.1 Å². The largest absolute Gasteiger partial charge is 0.336 e. The predicted octanol–water partition coefficient (Wildman–Crippen LogP) is 3.12. The summed E-state index contributed by atoms with van der Waals surface area (Å²) in [5.41, 5.74) is 2.68. The van der Waals surface area contributed by atoms with Crippen LogP contribution in [0, 0.1) is 0 Å². The van der Waals surface area contributed by atoms with Gasteiger partial charge in [0.25, 0.3) is 0 Å². The summed E-state index contributed by atoms with van der Waals surface area (Å²) in [5, 5.41) is 7.24.